The van der Waals surface area contributed by atoms with Crippen LogP contribution < -0.4 is 10.6 Å². The number of halogens is 3. The van der Waals surface area contributed by atoms with E-state index in [1.54, 1.807) is 6.92 Å². The molecule has 4 atom stereocenters. The standard InChI is InChI=1S/C24H29F3N6O3S/c1-13-18(22-31-15-4-2-3-5-17(15)37-22)21(32-23(29-13)28-12-24(25,26)27)30-16-10-14(19(34)20(16)35)11-33-6-8-36-9-7-33/h2-5,14,16,19-20,34-35H,6-12H2,1H3,(H2,28,29,30,32)/t14-,16-,19-,20+/m1/s1. The fraction of sp³-hybridized carbons (Fsp3) is 0.542. The van der Waals surface area contributed by atoms with Gasteiger partial charge >= 0.3 is 6.18 Å². The molecule has 5 rings (SSSR count). The van der Waals surface area contributed by atoms with Gasteiger partial charge in [0.1, 0.15) is 23.5 Å². The number of aliphatic hydroxyl groups excluding tert-OH is 2. The first-order chi connectivity index (χ1) is 17.7. The predicted molar refractivity (Wildman–Crippen MR) is 135 cm³/mol. The van der Waals surface area contributed by atoms with E-state index in [4.69, 9.17) is 4.74 Å². The quantitative estimate of drug-likeness (QED) is 0.360. The maximum absolute atomic E-state index is 12.8. The molecule has 3 aromatic rings. The molecule has 200 valence electrons. The number of fused-ring (bicyclic) bond motifs is 1. The summed E-state index contributed by atoms with van der Waals surface area (Å²) in [6, 6.07) is 7.04. The number of thiazole rings is 1. The van der Waals surface area contributed by atoms with Gasteiger partial charge in [-0.25, -0.2) is 9.97 Å². The van der Waals surface area contributed by atoms with Gasteiger partial charge in [0, 0.05) is 25.6 Å². The second-order valence-corrected chi connectivity index (χ2v) is 10.5. The highest BCUT2D eigenvalue weighted by molar-refractivity contribution is 7.21. The number of ether oxygens (including phenoxy) is 1. The molecule has 9 nitrogen and oxygen atoms in total. The number of benzene rings is 1. The first kappa shape index (κ1) is 26.0. The fourth-order valence-electron chi connectivity index (χ4n) is 4.91. The Kier molecular flexibility index (Phi) is 7.50. The number of hydrogen-bond donors (Lipinski definition) is 4. The molecule has 1 aliphatic heterocycles. The smallest absolute Gasteiger partial charge is 0.390 e. The molecule has 0 unspecified atom stereocenters. The topological polar surface area (TPSA) is 116 Å². The van der Waals surface area contributed by atoms with Gasteiger partial charge in [0.25, 0.3) is 0 Å². The predicted octanol–water partition coefficient (Wildman–Crippen LogP) is 2.89. The van der Waals surface area contributed by atoms with E-state index in [2.05, 4.69) is 30.5 Å². The van der Waals surface area contributed by atoms with E-state index in [1.807, 2.05) is 24.3 Å². The summed E-state index contributed by atoms with van der Waals surface area (Å²) in [7, 11) is 0. The van der Waals surface area contributed by atoms with Crippen molar-refractivity contribution in [3.8, 4) is 10.6 Å². The van der Waals surface area contributed by atoms with Crippen LogP contribution in [0.1, 0.15) is 12.1 Å². The highest BCUT2D eigenvalue weighted by atomic mass is 32.1. The Balaban J connectivity index is 1.44. The van der Waals surface area contributed by atoms with Crippen LogP contribution in [0.4, 0.5) is 24.9 Å². The molecule has 2 fully saturated rings. The van der Waals surface area contributed by atoms with Crippen LogP contribution in [-0.4, -0.2) is 93.9 Å². The van der Waals surface area contributed by atoms with Gasteiger partial charge in [0.05, 0.1) is 46.8 Å². The van der Waals surface area contributed by atoms with Gasteiger partial charge in [-0.3, -0.25) is 4.90 Å². The molecular formula is C24H29F3N6O3S. The van der Waals surface area contributed by atoms with Crippen LogP contribution in [0, 0.1) is 12.8 Å². The highest BCUT2D eigenvalue weighted by Gasteiger charge is 2.42. The van der Waals surface area contributed by atoms with E-state index < -0.39 is 31.0 Å². The Hall–Kier alpha value is -2.58. The van der Waals surface area contributed by atoms with Crippen LogP contribution in [0.5, 0.6) is 0 Å². The Bertz CT molecular complexity index is 1200. The largest absolute Gasteiger partial charge is 0.405 e. The summed E-state index contributed by atoms with van der Waals surface area (Å²) < 4.78 is 44.9. The van der Waals surface area contributed by atoms with Gasteiger partial charge < -0.3 is 25.6 Å². The molecule has 3 heterocycles. The normalized spacial score (nSPS) is 25.0. The van der Waals surface area contributed by atoms with E-state index in [0.717, 1.165) is 23.3 Å². The second kappa shape index (κ2) is 10.7. The monoisotopic (exact) mass is 538 g/mol. The van der Waals surface area contributed by atoms with Crippen LogP contribution >= 0.6 is 11.3 Å². The van der Waals surface area contributed by atoms with E-state index in [9.17, 15) is 23.4 Å². The van der Waals surface area contributed by atoms with Gasteiger partial charge in [0.2, 0.25) is 5.95 Å². The SMILES string of the molecule is Cc1nc(NCC(F)(F)F)nc(N[C@@H]2C[C@H](CN3CCOCC3)[C@@H](O)[C@H]2O)c1-c1nc2ccccc2s1. The van der Waals surface area contributed by atoms with Crippen molar-refractivity contribution in [2.45, 2.75) is 37.8 Å². The maximum atomic E-state index is 12.8. The molecular weight excluding hydrogens is 509 g/mol. The third kappa shape index (κ3) is 5.96. The molecule has 0 radical (unpaired) electrons. The molecule has 1 aromatic carbocycles. The zero-order chi connectivity index (χ0) is 26.2. The molecule has 4 N–H and O–H groups in total. The molecule has 0 bridgehead atoms. The van der Waals surface area contributed by atoms with Crippen LogP contribution in [0.15, 0.2) is 24.3 Å². The van der Waals surface area contributed by atoms with Crippen LogP contribution in [-0.2, 0) is 4.74 Å². The summed E-state index contributed by atoms with van der Waals surface area (Å²) in [6.45, 7) is 3.81. The number of hydrogen-bond acceptors (Lipinski definition) is 10. The number of alkyl halides is 3. The maximum Gasteiger partial charge on any atom is 0.405 e. The molecule has 0 spiro atoms. The third-order valence-corrected chi connectivity index (χ3v) is 7.82. The number of nitrogens with zero attached hydrogens (tertiary/aromatic N) is 4. The highest BCUT2D eigenvalue weighted by Crippen LogP contribution is 2.38. The molecule has 1 saturated carbocycles. The van der Waals surface area contributed by atoms with Crippen molar-refractivity contribution >= 4 is 33.3 Å². The summed E-state index contributed by atoms with van der Waals surface area (Å²) >= 11 is 1.42. The Morgan fingerprint density at radius 1 is 1.11 bits per heavy atom. The van der Waals surface area contributed by atoms with Gasteiger partial charge in [-0.1, -0.05) is 12.1 Å². The van der Waals surface area contributed by atoms with Gasteiger partial charge in [-0.05, 0) is 25.5 Å². The van der Waals surface area contributed by atoms with E-state index in [0.29, 0.717) is 42.4 Å². The fourth-order valence-corrected chi connectivity index (χ4v) is 5.97. The Morgan fingerprint density at radius 3 is 2.59 bits per heavy atom. The van der Waals surface area contributed by atoms with E-state index in [1.165, 1.54) is 11.3 Å². The first-order valence-corrected chi connectivity index (χ1v) is 13.0. The molecule has 13 heteroatoms. The number of aliphatic hydroxyl groups is 2. The van der Waals surface area contributed by atoms with Crippen molar-refractivity contribution in [1.82, 2.24) is 19.9 Å². The first-order valence-electron chi connectivity index (χ1n) is 12.2. The molecule has 1 saturated heterocycles. The Morgan fingerprint density at radius 2 is 1.86 bits per heavy atom. The number of aryl methyl sites for hydroxylation is 1. The van der Waals surface area contributed by atoms with Crippen LogP contribution in [0.25, 0.3) is 20.8 Å². The summed E-state index contributed by atoms with van der Waals surface area (Å²) in [5.74, 6) is -0.0955. The number of rotatable bonds is 7. The summed E-state index contributed by atoms with van der Waals surface area (Å²) in [5.41, 5.74) is 1.78. The average molecular weight is 539 g/mol. The zero-order valence-corrected chi connectivity index (χ0v) is 21.0. The molecule has 37 heavy (non-hydrogen) atoms. The van der Waals surface area contributed by atoms with Gasteiger partial charge in [-0.15, -0.1) is 11.3 Å². The minimum absolute atomic E-state index is 0.178. The minimum atomic E-state index is -4.44. The van der Waals surface area contributed by atoms with Crippen molar-refractivity contribution in [3.05, 3.63) is 30.0 Å². The summed E-state index contributed by atoms with van der Waals surface area (Å²) in [5, 5.41) is 27.7. The Labute approximate surface area is 215 Å². The lowest BCUT2D eigenvalue weighted by atomic mass is 10.0. The zero-order valence-electron chi connectivity index (χ0n) is 20.2. The molecule has 0 amide bonds. The van der Waals surface area contributed by atoms with Gasteiger partial charge in [-0.2, -0.15) is 18.2 Å². The van der Waals surface area contributed by atoms with Gasteiger partial charge in [0.15, 0.2) is 0 Å². The van der Waals surface area contributed by atoms with Crippen molar-refractivity contribution < 1.29 is 28.1 Å². The lowest BCUT2D eigenvalue weighted by Gasteiger charge is -2.30. The third-order valence-electron chi connectivity index (χ3n) is 6.76. The number of aromatic nitrogens is 3. The summed E-state index contributed by atoms with van der Waals surface area (Å²) in [6.07, 6.45) is -5.99. The van der Waals surface area contributed by atoms with Crippen molar-refractivity contribution in [3.63, 3.8) is 0 Å². The number of nitrogens with one attached hydrogen (secondary N) is 2. The van der Waals surface area contributed by atoms with Crippen LogP contribution in [0.2, 0.25) is 0 Å². The molecule has 2 aliphatic rings. The van der Waals surface area contributed by atoms with Crippen molar-refractivity contribution in [1.29, 1.82) is 0 Å². The molecule has 1 aliphatic carbocycles. The lowest BCUT2D eigenvalue weighted by molar-refractivity contribution is -0.115. The van der Waals surface area contributed by atoms with Crippen molar-refractivity contribution in [2.75, 3.05) is 50.0 Å². The van der Waals surface area contributed by atoms with Crippen molar-refractivity contribution in [2.24, 2.45) is 5.92 Å². The summed E-state index contributed by atoms with van der Waals surface area (Å²) in [4.78, 5) is 15.5. The minimum Gasteiger partial charge on any atom is -0.390 e. The second-order valence-electron chi connectivity index (χ2n) is 9.45. The molecule has 2 aromatic heterocycles. The van der Waals surface area contributed by atoms with E-state index >= 15 is 0 Å². The lowest BCUT2D eigenvalue weighted by Crippen LogP contribution is -2.42. The number of morpholine rings is 1. The number of para-hydroxylation sites is 1. The van der Waals surface area contributed by atoms with E-state index in [-0.39, 0.29) is 17.7 Å². The average Bonchev–Trinajstić information content (AvgIpc) is 3.39. The number of anilines is 2. The van der Waals surface area contributed by atoms with Crippen LogP contribution in [0.3, 0.4) is 0 Å².